The molecule has 0 aliphatic carbocycles. The molecule has 1 aromatic heterocycles. The quantitative estimate of drug-likeness (QED) is 0.742. The van der Waals surface area contributed by atoms with Gasteiger partial charge in [-0.25, -0.2) is 0 Å². The topological polar surface area (TPSA) is 24.9 Å². The van der Waals surface area contributed by atoms with E-state index in [0.717, 1.165) is 12.2 Å². The van der Waals surface area contributed by atoms with Crippen molar-refractivity contribution in [3.63, 3.8) is 0 Å². The Balaban J connectivity index is 1.62. The summed E-state index contributed by atoms with van der Waals surface area (Å²) in [5.74, 6) is 0. The lowest BCUT2D eigenvalue weighted by Crippen LogP contribution is -2.18. The summed E-state index contributed by atoms with van der Waals surface area (Å²) in [6, 6.07) is 25.4. The lowest BCUT2D eigenvalue weighted by atomic mass is 10.0. The second-order valence-corrected chi connectivity index (χ2v) is 5.42. The van der Waals surface area contributed by atoms with Crippen molar-refractivity contribution >= 4 is 0 Å². The van der Waals surface area contributed by atoms with Crippen molar-refractivity contribution in [3.05, 3.63) is 90.3 Å². The number of nitrogens with one attached hydrogen (secondary N) is 1. The molecule has 3 rings (SSSR count). The predicted octanol–water partition coefficient (Wildman–Crippen LogP) is 4.60. The second kappa shape index (κ2) is 7.01. The summed E-state index contributed by atoms with van der Waals surface area (Å²) in [7, 11) is 0. The Bertz CT molecular complexity index is 691. The van der Waals surface area contributed by atoms with Gasteiger partial charge in [0.05, 0.1) is 5.69 Å². The number of aromatic nitrogens is 1. The van der Waals surface area contributed by atoms with Crippen LogP contribution >= 0.6 is 0 Å². The van der Waals surface area contributed by atoms with Crippen LogP contribution in [0.1, 0.15) is 24.2 Å². The van der Waals surface area contributed by atoms with E-state index in [1.807, 2.05) is 24.4 Å². The molecule has 0 saturated carbocycles. The average Bonchev–Trinajstić information content (AvgIpc) is 2.61. The van der Waals surface area contributed by atoms with Crippen LogP contribution in [0.25, 0.3) is 11.1 Å². The minimum Gasteiger partial charge on any atom is -0.305 e. The SMILES string of the molecule is C[C@@H](NCc1ccc(-c2ccccc2)cc1)c1ccccn1. The first-order valence-corrected chi connectivity index (χ1v) is 7.61. The summed E-state index contributed by atoms with van der Waals surface area (Å²) in [4.78, 5) is 4.38. The number of pyridine rings is 1. The van der Waals surface area contributed by atoms with Gasteiger partial charge in [0.25, 0.3) is 0 Å². The molecule has 22 heavy (non-hydrogen) atoms. The normalized spacial score (nSPS) is 12.0. The van der Waals surface area contributed by atoms with Crippen LogP contribution < -0.4 is 5.32 Å². The van der Waals surface area contributed by atoms with Gasteiger partial charge >= 0.3 is 0 Å². The summed E-state index contributed by atoms with van der Waals surface area (Å²) in [6.07, 6.45) is 1.84. The fraction of sp³-hybridized carbons (Fsp3) is 0.150. The molecule has 0 aliphatic rings. The molecule has 0 saturated heterocycles. The lowest BCUT2D eigenvalue weighted by molar-refractivity contribution is 0.561. The van der Waals surface area contributed by atoms with Gasteiger partial charge in [-0.2, -0.15) is 0 Å². The zero-order chi connectivity index (χ0) is 15.2. The average molecular weight is 288 g/mol. The first kappa shape index (κ1) is 14.5. The monoisotopic (exact) mass is 288 g/mol. The Kier molecular flexibility index (Phi) is 4.62. The van der Waals surface area contributed by atoms with Crippen molar-refractivity contribution in [2.45, 2.75) is 19.5 Å². The standard InChI is InChI=1S/C20H20N2/c1-16(20-9-5-6-14-21-20)22-15-17-10-12-19(13-11-17)18-7-3-2-4-8-18/h2-14,16,22H,15H2,1H3/t16-/m1/s1. The third-order valence-electron chi connectivity index (χ3n) is 3.80. The first-order chi connectivity index (χ1) is 10.8. The molecule has 0 bridgehead atoms. The Morgan fingerprint density at radius 1 is 0.818 bits per heavy atom. The minimum absolute atomic E-state index is 0.245. The number of nitrogens with zero attached hydrogens (tertiary/aromatic N) is 1. The van der Waals surface area contributed by atoms with E-state index in [-0.39, 0.29) is 6.04 Å². The Labute approximate surface area is 131 Å². The molecule has 0 unspecified atom stereocenters. The largest absolute Gasteiger partial charge is 0.305 e. The van der Waals surface area contributed by atoms with Crippen LogP contribution in [0.3, 0.4) is 0 Å². The molecule has 0 fully saturated rings. The first-order valence-electron chi connectivity index (χ1n) is 7.61. The van der Waals surface area contributed by atoms with E-state index in [1.165, 1.54) is 16.7 Å². The Morgan fingerprint density at radius 2 is 1.50 bits per heavy atom. The maximum Gasteiger partial charge on any atom is 0.0570 e. The molecule has 1 atom stereocenters. The lowest BCUT2D eigenvalue weighted by Gasteiger charge is -2.13. The van der Waals surface area contributed by atoms with Crippen LogP contribution in [0.2, 0.25) is 0 Å². The van der Waals surface area contributed by atoms with E-state index in [2.05, 4.69) is 71.8 Å². The molecule has 0 radical (unpaired) electrons. The highest BCUT2D eigenvalue weighted by atomic mass is 14.9. The van der Waals surface area contributed by atoms with Gasteiger partial charge in [0.2, 0.25) is 0 Å². The molecule has 1 heterocycles. The van der Waals surface area contributed by atoms with Crippen LogP contribution in [-0.4, -0.2) is 4.98 Å². The maximum absolute atomic E-state index is 4.38. The molecular formula is C20H20N2. The summed E-state index contributed by atoms with van der Waals surface area (Å²) >= 11 is 0. The Morgan fingerprint density at radius 3 is 2.18 bits per heavy atom. The molecular weight excluding hydrogens is 268 g/mol. The number of benzene rings is 2. The van der Waals surface area contributed by atoms with Crippen molar-refractivity contribution in [2.24, 2.45) is 0 Å². The predicted molar refractivity (Wildman–Crippen MR) is 91.4 cm³/mol. The van der Waals surface area contributed by atoms with Crippen molar-refractivity contribution in [3.8, 4) is 11.1 Å². The minimum atomic E-state index is 0.245. The van der Waals surface area contributed by atoms with Gasteiger partial charge in [-0.15, -0.1) is 0 Å². The smallest absolute Gasteiger partial charge is 0.0570 e. The van der Waals surface area contributed by atoms with Gasteiger partial charge in [-0.3, -0.25) is 4.98 Å². The van der Waals surface area contributed by atoms with Crippen LogP contribution in [0.5, 0.6) is 0 Å². The van der Waals surface area contributed by atoms with E-state index < -0.39 is 0 Å². The summed E-state index contributed by atoms with van der Waals surface area (Å²) < 4.78 is 0. The highest BCUT2D eigenvalue weighted by Gasteiger charge is 2.05. The number of hydrogen-bond donors (Lipinski definition) is 1. The molecule has 2 aromatic carbocycles. The second-order valence-electron chi connectivity index (χ2n) is 5.42. The van der Waals surface area contributed by atoms with Gasteiger partial charge in [0, 0.05) is 18.8 Å². The van der Waals surface area contributed by atoms with Crippen molar-refractivity contribution in [1.82, 2.24) is 10.3 Å². The van der Waals surface area contributed by atoms with Gasteiger partial charge < -0.3 is 5.32 Å². The van der Waals surface area contributed by atoms with Gasteiger partial charge in [0.1, 0.15) is 0 Å². The molecule has 3 aromatic rings. The van der Waals surface area contributed by atoms with E-state index >= 15 is 0 Å². The molecule has 2 nitrogen and oxygen atoms in total. The van der Waals surface area contributed by atoms with E-state index in [4.69, 9.17) is 0 Å². The summed E-state index contributed by atoms with van der Waals surface area (Å²) in [5.41, 5.74) is 4.86. The van der Waals surface area contributed by atoms with Gasteiger partial charge in [-0.05, 0) is 35.7 Å². The summed E-state index contributed by atoms with van der Waals surface area (Å²) in [5, 5.41) is 3.51. The zero-order valence-corrected chi connectivity index (χ0v) is 12.7. The van der Waals surface area contributed by atoms with Gasteiger partial charge in [-0.1, -0.05) is 60.7 Å². The van der Waals surface area contributed by atoms with Gasteiger partial charge in [0.15, 0.2) is 0 Å². The third-order valence-corrected chi connectivity index (χ3v) is 3.80. The molecule has 2 heteroatoms. The third kappa shape index (κ3) is 3.60. The van der Waals surface area contributed by atoms with Crippen LogP contribution in [-0.2, 0) is 6.54 Å². The number of hydrogen-bond acceptors (Lipinski definition) is 2. The van der Waals surface area contributed by atoms with Crippen LogP contribution in [0.15, 0.2) is 79.0 Å². The molecule has 110 valence electrons. The highest BCUT2D eigenvalue weighted by molar-refractivity contribution is 5.63. The van der Waals surface area contributed by atoms with Crippen LogP contribution in [0, 0.1) is 0 Å². The van der Waals surface area contributed by atoms with E-state index in [9.17, 15) is 0 Å². The zero-order valence-electron chi connectivity index (χ0n) is 12.7. The van der Waals surface area contributed by atoms with Crippen molar-refractivity contribution in [2.75, 3.05) is 0 Å². The fourth-order valence-corrected chi connectivity index (χ4v) is 2.45. The molecule has 0 aliphatic heterocycles. The fourth-order valence-electron chi connectivity index (χ4n) is 2.45. The van der Waals surface area contributed by atoms with Crippen molar-refractivity contribution < 1.29 is 0 Å². The Hall–Kier alpha value is -2.45. The van der Waals surface area contributed by atoms with E-state index in [1.54, 1.807) is 0 Å². The maximum atomic E-state index is 4.38. The van der Waals surface area contributed by atoms with Crippen molar-refractivity contribution in [1.29, 1.82) is 0 Å². The molecule has 0 amide bonds. The molecule has 1 N–H and O–H groups in total. The summed E-state index contributed by atoms with van der Waals surface area (Å²) in [6.45, 7) is 2.98. The number of rotatable bonds is 5. The van der Waals surface area contributed by atoms with E-state index in [0.29, 0.717) is 0 Å². The highest BCUT2D eigenvalue weighted by Crippen LogP contribution is 2.19. The molecule has 0 spiro atoms. The van der Waals surface area contributed by atoms with Crippen LogP contribution in [0.4, 0.5) is 0 Å².